The molecule has 6 aromatic carbocycles. The summed E-state index contributed by atoms with van der Waals surface area (Å²) in [5.74, 6) is 0. The van der Waals surface area contributed by atoms with Crippen LogP contribution in [0.3, 0.4) is 0 Å². The lowest BCUT2D eigenvalue weighted by atomic mass is 9.79. The van der Waals surface area contributed by atoms with Gasteiger partial charge in [0.25, 0.3) is 0 Å². The van der Waals surface area contributed by atoms with E-state index < -0.39 is 0 Å². The third-order valence-corrected chi connectivity index (χ3v) is 12.1. The van der Waals surface area contributed by atoms with Gasteiger partial charge in [0.1, 0.15) is 11.2 Å². The molecule has 0 saturated carbocycles. The third-order valence-electron chi connectivity index (χ3n) is 10.9. The van der Waals surface area contributed by atoms with Crippen molar-refractivity contribution in [3.63, 3.8) is 0 Å². The van der Waals surface area contributed by atoms with Gasteiger partial charge in [0.05, 0.1) is 11.1 Å². The molecule has 0 amide bonds. The summed E-state index contributed by atoms with van der Waals surface area (Å²) in [6, 6.07) is 43.1. The Morgan fingerprint density at radius 2 is 1.28 bits per heavy atom. The molecule has 0 bridgehead atoms. The molecule has 0 N–H and O–H groups in total. The standard InChI is InChI=1S/C47H43NOS/c1-45(2,3)28-24-35-43-39(17-13-18-40(43)49-44(35)38(25-28)46(4,5)6)48(29-21-23-42-34(26-29)33-15-10-12-19-41(33)50-42)30-20-22-32-31-14-9-11-16-36(31)47(7,8)37(32)27-30/h9-27H,1-8H3. The second kappa shape index (κ2) is 10.6. The van der Waals surface area contributed by atoms with Crippen molar-refractivity contribution in [2.75, 3.05) is 4.90 Å². The summed E-state index contributed by atoms with van der Waals surface area (Å²) in [6.07, 6.45) is 0. The SMILES string of the molecule is CC(C)(C)c1cc(C(C)(C)C)c2oc3cccc(N(c4ccc5c(c4)C(C)(C)c4ccccc4-5)c4ccc5sc6ccccc6c5c4)c3c2c1. The number of hydrogen-bond acceptors (Lipinski definition) is 3. The van der Waals surface area contributed by atoms with Crippen LogP contribution in [0, 0.1) is 0 Å². The highest BCUT2D eigenvalue weighted by atomic mass is 32.1. The van der Waals surface area contributed by atoms with Crippen LogP contribution in [0.4, 0.5) is 17.1 Å². The molecular formula is C47H43NOS. The second-order valence-electron chi connectivity index (χ2n) is 16.7. The molecule has 50 heavy (non-hydrogen) atoms. The number of anilines is 3. The first-order valence-corrected chi connectivity index (χ1v) is 18.6. The monoisotopic (exact) mass is 669 g/mol. The molecule has 1 aliphatic rings. The Morgan fingerprint density at radius 3 is 2.08 bits per heavy atom. The summed E-state index contributed by atoms with van der Waals surface area (Å²) in [7, 11) is 0. The van der Waals surface area contributed by atoms with Gasteiger partial charge in [0.15, 0.2) is 0 Å². The first kappa shape index (κ1) is 31.1. The molecule has 0 saturated heterocycles. The summed E-state index contributed by atoms with van der Waals surface area (Å²) in [6.45, 7) is 18.5. The average molecular weight is 670 g/mol. The van der Waals surface area contributed by atoms with E-state index in [2.05, 4.69) is 176 Å². The Hall–Kier alpha value is -4.86. The van der Waals surface area contributed by atoms with Crippen molar-refractivity contribution in [2.45, 2.75) is 71.6 Å². The van der Waals surface area contributed by atoms with E-state index in [0.29, 0.717) is 0 Å². The van der Waals surface area contributed by atoms with Crippen LogP contribution in [0.1, 0.15) is 77.6 Å². The Labute approximate surface area is 299 Å². The summed E-state index contributed by atoms with van der Waals surface area (Å²) in [5, 5.41) is 4.92. The minimum absolute atomic E-state index is 0.0158. The fourth-order valence-corrected chi connectivity index (χ4v) is 9.28. The fraction of sp³-hybridized carbons (Fsp3) is 0.234. The van der Waals surface area contributed by atoms with E-state index in [1.54, 1.807) is 0 Å². The van der Waals surface area contributed by atoms with E-state index in [0.717, 1.165) is 33.6 Å². The van der Waals surface area contributed by atoms with E-state index in [9.17, 15) is 0 Å². The predicted octanol–water partition coefficient (Wildman–Crippen LogP) is 14.3. The molecule has 248 valence electrons. The van der Waals surface area contributed by atoms with Crippen molar-refractivity contribution in [2.24, 2.45) is 0 Å². The maximum Gasteiger partial charge on any atom is 0.139 e. The number of fused-ring (bicyclic) bond motifs is 9. The second-order valence-corrected chi connectivity index (χ2v) is 17.8. The maximum absolute atomic E-state index is 6.88. The lowest BCUT2D eigenvalue weighted by Crippen LogP contribution is -2.17. The lowest BCUT2D eigenvalue weighted by molar-refractivity contribution is 0.559. The number of rotatable bonds is 3. The molecule has 0 spiro atoms. The van der Waals surface area contributed by atoms with Gasteiger partial charge in [-0.3, -0.25) is 0 Å². The highest BCUT2D eigenvalue weighted by Gasteiger charge is 2.36. The Balaban J connectivity index is 1.36. The molecule has 2 nitrogen and oxygen atoms in total. The fourth-order valence-electron chi connectivity index (χ4n) is 8.20. The number of benzene rings is 6. The largest absolute Gasteiger partial charge is 0.456 e. The van der Waals surface area contributed by atoms with Crippen molar-refractivity contribution < 1.29 is 4.42 Å². The van der Waals surface area contributed by atoms with Crippen molar-refractivity contribution in [3.8, 4) is 11.1 Å². The van der Waals surface area contributed by atoms with Crippen molar-refractivity contribution in [3.05, 3.63) is 138 Å². The minimum atomic E-state index is -0.112. The average Bonchev–Trinajstić information content (AvgIpc) is 3.72. The highest BCUT2D eigenvalue weighted by Crippen LogP contribution is 2.52. The van der Waals surface area contributed by atoms with Gasteiger partial charge in [0.2, 0.25) is 0 Å². The van der Waals surface area contributed by atoms with Gasteiger partial charge >= 0.3 is 0 Å². The normalized spacial score (nSPS) is 14.2. The molecule has 2 heterocycles. The molecule has 0 atom stereocenters. The smallest absolute Gasteiger partial charge is 0.139 e. The molecule has 3 heteroatoms. The molecule has 8 aromatic rings. The van der Waals surface area contributed by atoms with E-state index >= 15 is 0 Å². The molecule has 2 aromatic heterocycles. The van der Waals surface area contributed by atoms with Crippen LogP contribution < -0.4 is 4.90 Å². The van der Waals surface area contributed by atoms with Crippen LogP contribution in [0.2, 0.25) is 0 Å². The van der Waals surface area contributed by atoms with Crippen molar-refractivity contribution >= 4 is 70.5 Å². The van der Waals surface area contributed by atoms with Crippen molar-refractivity contribution in [1.29, 1.82) is 0 Å². The van der Waals surface area contributed by atoms with Gasteiger partial charge in [-0.1, -0.05) is 116 Å². The van der Waals surface area contributed by atoms with Crippen LogP contribution in [0.5, 0.6) is 0 Å². The van der Waals surface area contributed by atoms with Gasteiger partial charge in [-0.2, -0.15) is 0 Å². The van der Waals surface area contributed by atoms with Crippen LogP contribution >= 0.6 is 11.3 Å². The molecule has 9 rings (SSSR count). The van der Waals surface area contributed by atoms with Gasteiger partial charge in [0, 0.05) is 47.9 Å². The number of nitrogens with zero attached hydrogens (tertiary/aromatic N) is 1. The Bertz CT molecular complexity index is 2650. The maximum atomic E-state index is 6.88. The van der Waals surface area contributed by atoms with E-state index in [-0.39, 0.29) is 16.2 Å². The third kappa shape index (κ3) is 4.59. The zero-order valence-electron chi connectivity index (χ0n) is 30.2. The number of hydrogen-bond donors (Lipinski definition) is 0. The van der Waals surface area contributed by atoms with Gasteiger partial charge in [-0.05, 0) is 93.2 Å². The summed E-state index contributed by atoms with van der Waals surface area (Å²) in [5.41, 5.74) is 13.1. The number of furan rings is 1. The predicted molar refractivity (Wildman–Crippen MR) is 216 cm³/mol. The molecule has 0 radical (unpaired) electrons. The van der Waals surface area contributed by atoms with Crippen LogP contribution in [-0.4, -0.2) is 0 Å². The zero-order valence-corrected chi connectivity index (χ0v) is 31.0. The van der Waals surface area contributed by atoms with E-state index in [1.807, 2.05) is 11.3 Å². The molecule has 1 aliphatic carbocycles. The van der Waals surface area contributed by atoms with Crippen LogP contribution in [-0.2, 0) is 16.2 Å². The number of thiophene rings is 1. The van der Waals surface area contributed by atoms with Crippen LogP contribution in [0.25, 0.3) is 53.2 Å². The van der Waals surface area contributed by atoms with Gasteiger partial charge in [-0.25, -0.2) is 0 Å². The van der Waals surface area contributed by atoms with Crippen LogP contribution in [0.15, 0.2) is 120 Å². The van der Waals surface area contributed by atoms with Gasteiger partial charge in [-0.15, -0.1) is 11.3 Å². The Kier molecular flexibility index (Phi) is 6.59. The zero-order chi connectivity index (χ0) is 34.7. The first-order valence-electron chi connectivity index (χ1n) is 17.8. The summed E-state index contributed by atoms with van der Waals surface area (Å²) >= 11 is 1.86. The highest BCUT2D eigenvalue weighted by molar-refractivity contribution is 7.25. The quantitative estimate of drug-likeness (QED) is 0.186. The molecular weight excluding hydrogens is 627 g/mol. The van der Waals surface area contributed by atoms with E-state index in [4.69, 9.17) is 4.42 Å². The molecule has 0 unspecified atom stereocenters. The molecule has 0 aliphatic heterocycles. The van der Waals surface area contributed by atoms with E-state index in [1.165, 1.54) is 58.9 Å². The first-order chi connectivity index (χ1) is 23.8. The summed E-state index contributed by atoms with van der Waals surface area (Å²) < 4.78 is 9.50. The Morgan fingerprint density at radius 1 is 0.580 bits per heavy atom. The topological polar surface area (TPSA) is 16.4 Å². The van der Waals surface area contributed by atoms with Crippen molar-refractivity contribution in [1.82, 2.24) is 0 Å². The summed E-state index contributed by atoms with van der Waals surface area (Å²) in [4.78, 5) is 2.48. The lowest BCUT2D eigenvalue weighted by Gasteiger charge is -2.29. The van der Waals surface area contributed by atoms with Gasteiger partial charge < -0.3 is 9.32 Å². The molecule has 0 fully saturated rings. The minimum Gasteiger partial charge on any atom is -0.456 e.